The van der Waals surface area contributed by atoms with Gasteiger partial charge < -0.3 is 10.5 Å². The molecule has 0 fully saturated rings. The summed E-state index contributed by atoms with van der Waals surface area (Å²) in [6, 6.07) is 11.0. The molecule has 0 aromatic heterocycles. The van der Waals surface area contributed by atoms with Crippen LogP contribution in [0.5, 0.6) is 0 Å². The summed E-state index contributed by atoms with van der Waals surface area (Å²) < 4.78 is 5.48. The fraction of sp³-hybridized carbons (Fsp3) is 0.368. The minimum atomic E-state index is 0.0380. The molecule has 0 saturated carbocycles. The lowest BCUT2D eigenvalue weighted by molar-refractivity contribution is 0.134. The first-order chi connectivity index (χ1) is 10.0. The minimum Gasteiger partial charge on any atom is -0.372 e. The van der Waals surface area contributed by atoms with Crippen LogP contribution in [0.1, 0.15) is 45.0 Å². The van der Waals surface area contributed by atoms with Gasteiger partial charge in [0.15, 0.2) is 0 Å². The van der Waals surface area contributed by atoms with E-state index in [1.807, 2.05) is 0 Å². The van der Waals surface area contributed by atoms with Crippen molar-refractivity contribution in [1.29, 1.82) is 0 Å². The highest BCUT2D eigenvalue weighted by atomic mass is 16.5. The van der Waals surface area contributed by atoms with Crippen molar-refractivity contribution in [2.75, 3.05) is 0 Å². The topological polar surface area (TPSA) is 35.2 Å². The van der Waals surface area contributed by atoms with E-state index in [1.165, 1.54) is 38.9 Å². The molecule has 2 aromatic rings. The molecule has 0 bridgehead atoms. The lowest BCUT2D eigenvalue weighted by Gasteiger charge is -2.17. The Hall–Kier alpha value is -1.64. The van der Waals surface area contributed by atoms with Crippen molar-refractivity contribution in [2.45, 2.75) is 46.4 Å². The smallest absolute Gasteiger partial charge is 0.0725 e. The van der Waals surface area contributed by atoms with Gasteiger partial charge in [0, 0.05) is 6.04 Å². The van der Waals surface area contributed by atoms with Crippen LogP contribution in [0.2, 0.25) is 0 Å². The van der Waals surface area contributed by atoms with E-state index in [0.29, 0.717) is 0 Å². The summed E-state index contributed by atoms with van der Waals surface area (Å²) in [5.74, 6) is 0. The zero-order valence-electron chi connectivity index (χ0n) is 13.1. The van der Waals surface area contributed by atoms with E-state index in [1.54, 1.807) is 0 Å². The lowest BCUT2D eigenvalue weighted by Crippen LogP contribution is -2.15. The van der Waals surface area contributed by atoms with Gasteiger partial charge in [0.25, 0.3) is 0 Å². The van der Waals surface area contributed by atoms with Crippen molar-refractivity contribution in [1.82, 2.24) is 0 Å². The van der Waals surface area contributed by atoms with E-state index >= 15 is 0 Å². The predicted octanol–water partition coefficient (Wildman–Crippen LogP) is 3.88. The maximum absolute atomic E-state index is 6.46. The second-order valence-corrected chi connectivity index (χ2v) is 6.21. The first kappa shape index (κ1) is 14.3. The minimum absolute atomic E-state index is 0.0380. The average molecular weight is 281 g/mol. The number of nitrogens with two attached hydrogens (primary N) is 1. The number of ether oxygens (including phenoxy) is 1. The first-order valence-electron chi connectivity index (χ1n) is 7.56. The summed E-state index contributed by atoms with van der Waals surface area (Å²) in [5, 5.41) is 0. The third-order valence-corrected chi connectivity index (χ3v) is 4.44. The van der Waals surface area contributed by atoms with Gasteiger partial charge in [-0.15, -0.1) is 0 Å². The van der Waals surface area contributed by atoms with Crippen molar-refractivity contribution in [3.63, 3.8) is 0 Å². The molecule has 1 unspecified atom stereocenters. The molecule has 1 atom stereocenters. The van der Waals surface area contributed by atoms with Gasteiger partial charge in [0.1, 0.15) is 0 Å². The van der Waals surface area contributed by atoms with Gasteiger partial charge in [-0.1, -0.05) is 35.9 Å². The summed E-state index contributed by atoms with van der Waals surface area (Å²) in [6.07, 6.45) is 0.886. The Morgan fingerprint density at radius 1 is 1.00 bits per heavy atom. The van der Waals surface area contributed by atoms with E-state index in [-0.39, 0.29) is 6.04 Å². The van der Waals surface area contributed by atoms with E-state index in [2.05, 4.69) is 51.1 Å². The van der Waals surface area contributed by atoms with Crippen molar-refractivity contribution >= 4 is 0 Å². The third kappa shape index (κ3) is 2.87. The molecule has 0 radical (unpaired) electrons. The summed E-state index contributed by atoms with van der Waals surface area (Å²) in [5.41, 5.74) is 15.6. The highest BCUT2D eigenvalue weighted by Gasteiger charge is 2.16. The van der Waals surface area contributed by atoms with Gasteiger partial charge in [-0.05, 0) is 60.6 Å². The van der Waals surface area contributed by atoms with Crippen LogP contribution in [0.4, 0.5) is 0 Å². The second kappa shape index (κ2) is 5.63. The van der Waals surface area contributed by atoms with Crippen LogP contribution >= 0.6 is 0 Å². The zero-order valence-corrected chi connectivity index (χ0v) is 13.1. The summed E-state index contributed by atoms with van der Waals surface area (Å²) in [6.45, 7) is 7.96. The Morgan fingerprint density at radius 3 is 2.38 bits per heavy atom. The standard InChI is InChI=1S/C19H23NO/c1-12-6-13(2)18(14(3)7-12)9-19(20)15-4-5-16-10-21-11-17(16)8-15/h4-8,19H,9-11,20H2,1-3H3. The van der Waals surface area contributed by atoms with E-state index < -0.39 is 0 Å². The van der Waals surface area contributed by atoms with Crippen LogP contribution in [0.15, 0.2) is 30.3 Å². The van der Waals surface area contributed by atoms with Crippen molar-refractivity contribution in [2.24, 2.45) is 5.73 Å². The molecular formula is C19H23NO. The van der Waals surface area contributed by atoms with E-state index in [4.69, 9.17) is 10.5 Å². The van der Waals surface area contributed by atoms with Crippen molar-refractivity contribution in [3.8, 4) is 0 Å². The maximum atomic E-state index is 6.46. The van der Waals surface area contributed by atoms with E-state index in [9.17, 15) is 0 Å². The summed E-state index contributed by atoms with van der Waals surface area (Å²) >= 11 is 0. The van der Waals surface area contributed by atoms with Crippen LogP contribution in [0.3, 0.4) is 0 Å². The Morgan fingerprint density at radius 2 is 1.67 bits per heavy atom. The molecule has 1 aliphatic heterocycles. The van der Waals surface area contributed by atoms with Gasteiger partial charge >= 0.3 is 0 Å². The van der Waals surface area contributed by atoms with Gasteiger partial charge in [0.2, 0.25) is 0 Å². The lowest BCUT2D eigenvalue weighted by atomic mass is 9.91. The predicted molar refractivity (Wildman–Crippen MR) is 86.2 cm³/mol. The summed E-state index contributed by atoms with van der Waals surface area (Å²) in [7, 11) is 0. The molecular weight excluding hydrogens is 258 g/mol. The molecule has 0 saturated heterocycles. The number of benzene rings is 2. The molecule has 1 heterocycles. The number of hydrogen-bond donors (Lipinski definition) is 1. The fourth-order valence-electron chi connectivity index (χ4n) is 3.29. The number of hydrogen-bond acceptors (Lipinski definition) is 2. The Kier molecular flexibility index (Phi) is 3.83. The van der Waals surface area contributed by atoms with Crippen LogP contribution in [0, 0.1) is 20.8 Å². The highest BCUT2D eigenvalue weighted by Crippen LogP contribution is 2.26. The van der Waals surface area contributed by atoms with Gasteiger partial charge in [-0.2, -0.15) is 0 Å². The molecule has 110 valence electrons. The monoisotopic (exact) mass is 281 g/mol. The van der Waals surface area contributed by atoms with Crippen LogP contribution < -0.4 is 5.73 Å². The number of rotatable bonds is 3. The first-order valence-corrected chi connectivity index (χ1v) is 7.56. The van der Waals surface area contributed by atoms with E-state index in [0.717, 1.165) is 19.6 Å². The van der Waals surface area contributed by atoms with Crippen molar-refractivity contribution < 1.29 is 4.74 Å². The molecule has 0 aliphatic carbocycles. The summed E-state index contributed by atoms with van der Waals surface area (Å²) in [4.78, 5) is 0. The molecule has 2 nitrogen and oxygen atoms in total. The average Bonchev–Trinajstić information content (AvgIpc) is 2.89. The normalized spacial score (nSPS) is 15.0. The molecule has 1 aliphatic rings. The van der Waals surface area contributed by atoms with Crippen molar-refractivity contribution in [3.05, 3.63) is 69.3 Å². The number of aryl methyl sites for hydroxylation is 3. The van der Waals surface area contributed by atoms with Crippen LogP contribution in [-0.2, 0) is 24.4 Å². The number of fused-ring (bicyclic) bond motifs is 1. The fourth-order valence-corrected chi connectivity index (χ4v) is 3.29. The van der Waals surface area contributed by atoms with Gasteiger partial charge in [0.05, 0.1) is 13.2 Å². The van der Waals surface area contributed by atoms with Crippen LogP contribution in [-0.4, -0.2) is 0 Å². The highest BCUT2D eigenvalue weighted by molar-refractivity contribution is 5.40. The van der Waals surface area contributed by atoms with Crippen LogP contribution in [0.25, 0.3) is 0 Å². The Balaban J connectivity index is 1.85. The molecule has 21 heavy (non-hydrogen) atoms. The second-order valence-electron chi connectivity index (χ2n) is 6.21. The molecule has 0 amide bonds. The maximum Gasteiger partial charge on any atom is 0.0725 e. The Bertz CT molecular complexity index is 652. The third-order valence-electron chi connectivity index (χ3n) is 4.44. The van der Waals surface area contributed by atoms with Gasteiger partial charge in [-0.25, -0.2) is 0 Å². The molecule has 2 aromatic carbocycles. The Labute approximate surface area is 126 Å². The SMILES string of the molecule is Cc1cc(C)c(CC(N)c2ccc3c(c2)COC3)c(C)c1. The quantitative estimate of drug-likeness (QED) is 0.926. The largest absolute Gasteiger partial charge is 0.372 e. The molecule has 2 heteroatoms. The molecule has 0 spiro atoms. The molecule has 2 N–H and O–H groups in total. The van der Waals surface area contributed by atoms with Gasteiger partial charge in [-0.3, -0.25) is 0 Å². The molecule has 3 rings (SSSR count). The zero-order chi connectivity index (χ0) is 15.0.